The SMILES string of the molecule is C[CH][C@H](C)OC(=O)OC1CC1. The predicted octanol–water partition coefficient (Wildman–Crippen LogP) is 1.91. The molecule has 1 rings (SSSR count). The van der Waals surface area contributed by atoms with Crippen molar-refractivity contribution in [3.05, 3.63) is 6.42 Å². The molecule has 11 heavy (non-hydrogen) atoms. The highest BCUT2D eigenvalue weighted by Crippen LogP contribution is 2.24. The fraction of sp³-hybridized carbons (Fsp3) is 0.750. The summed E-state index contributed by atoms with van der Waals surface area (Å²) in [7, 11) is 0. The van der Waals surface area contributed by atoms with Crippen LogP contribution < -0.4 is 0 Å². The van der Waals surface area contributed by atoms with E-state index in [0.29, 0.717) is 0 Å². The molecule has 0 aromatic heterocycles. The Bertz CT molecular complexity index is 140. The summed E-state index contributed by atoms with van der Waals surface area (Å²) >= 11 is 0. The molecule has 0 aliphatic heterocycles. The molecule has 1 fully saturated rings. The van der Waals surface area contributed by atoms with Gasteiger partial charge < -0.3 is 9.47 Å². The van der Waals surface area contributed by atoms with Crippen molar-refractivity contribution in [1.29, 1.82) is 0 Å². The molecular formula is C8H13O3. The highest BCUT2D eigenvalue weighted by molar-refractivity contribution is 5.60. The molecule has 3 nitrogen and oxygen atoms in total. The minimum atomic E-state index is -0.543. The molecule has 1 aliphatic rings. The quantitative estimate of drug-likeness (QED) is 0.587. The molecule has 1 atom stereocenters. The van der Waals surface area contributed by atoms with Crippen LogP contribution >= 0.6 is 0 Å². The van der Waals surface area contributed by atoms with Crippen LogP contribution in [-0.4, -0.2) is 18.4 Å². The summed E-state index contributed by atoms with van der Waals surface area (Å²) in [6.07, 6.45) is 3.21. The van der Waals surface area contributed by atoms with Gasteiger partial charge in [-0.2, -0.15) is 0 Å². The maximum Gasteiger partial charge on any atom is 0.508 e. The van der Waals surface area contributed by atoms with E-state index in [2.05, 4.69) is 0 Å². The largest absolute Gasteiger partial charge is 0.508 e. The summed E-state index contributed by atoms with van der Waals surface area (Å²) in [5.74, 6) is 0. The monoisotopic (exact) mass is 157 g/mol. The molecule has 0 aromatic rings. The summed E-state index contributed by atoms with van der Waals surface area (Å²) in [4.78, 5) is 10.8. The summed E-state index contributed by atoms with van der Waals surface area (Å²) in [6.45, 7) is 3.64. The molecule has 0 aromatic carbocycles. The van der Waals surface area contributed by atoms with Crippen molar-refractivity contribution in [2.24, 2.45) is 0 Å². The van der Waals surface area contributed by atoms with Crippen molar-refractivity contribution < 1.29 is 14.3 Å². The number of ether oxygens (including phenoxy) is 2. The zero-order valence-corrected chi connectivity index (χ0v) is 6.87. The molecule has 0 amide bonds. The molecule has 0 heterocycles. The van der Waals surface area contributed by atoms with E-state index in [1.807, 2.05) is 6.92 Å². The van der Waals surface area contributed by atoms with Crippen molar-refractivity contribution in [1.82, 2.24) is 0 Å². The van der Waals surface area contributed by atoms with Gasteiger partial charge in [-0.3, -0.25) is 0 Å². The second kappa shape index (κ2) is 3.60. The second-order valence-electron chi connectivity index (χ2n) is 2.72. The number of hydrogen-bond donors (Lipinski definition) is 0. The van der Waals surface area contributed by atoms with Crippen LogP contribution in [-0.2, 0) is 9.47 Å². The first kappa shape index (κ1) is 8.37. The topological polar surface area (TPSA) is 35.5 Å². The van der Waals surface area contributed by atoms with Gasteiger partial charge in [0.25, 0.3) is 0 Å². The summed E-state index contributed by atoms with van der Waals surface area (Å²) < 4.78 is 9.69. The number of rotatable bonds is 3. The van der Waals surface area contributed by atoms with Gasteiger partial charge in [0.05, 0.1) is 0 Å². The Morgan fingerprint density at radius 1 is 1.64 bits per heavy atom. The summed E-state index contributed by atoms with van der Waals surface area (Å²) in [6, 6.07) is 0. The van der Waals surface area contributed by atoms with Crippen LogP contribution in [0.1, 0.15) is 26.7 Å². The average Bonchev–Trinajstić information content (AvgIpc) is 2.71. The van der Waals surface area contributed by atoms with Crippen LogP contribution in [0.5, 0.6) is 0 Å². The zero-order chi connectivity index (χ0) is 8.27. The van der Waals surface area contributed by atoms with Gasteiger partial charge in [0.2, 0.25) is 0 Å². The van der Waals surface area contributed by atoms with Crippen LogP contribution in [0.3, 0.4) is 0 Å². The van der Waals surface area contributed by atoms with E-state index in [9.17, 15) is 4.79 Å². The Balaban J connectivity index is 2.08. The van der Waals surface area contributed by atoms with Crippen molar-refractivity contribution in [2.75, 3.05) is 0 Å². The standard InChI is InChI=1S/C8H13O3/c1-3-6(2)10-8(9)11-7-4-5-7/h3,6-7H,4-5H2,1-2H3/t6-/m0/s1. The lowest BCUT2D eigenvalue weighted by Gasteiger charge is -2.09. The Morgan fingerprint density at radius 3 is 2.73 bits per heavy atom. The van der Waals surface area contributed by atoms with Crippen LogP contribution in [0, 0.1) is 6.42 Å². The fourth-order valence-electron chi connectivity index (χ4n) is 0.570. The second-order valence-corrected chi connectivity index (χ2v) is 2.72. The molecule has 1 saturated carbocycles. The van der Waals surface area contributed by atoms with E-state index in [1.54, 1.807) is 13.3 Å². The van der Waals surface area contributed by atoms with Gasteiger partial charge in [0.1, 0.15) is 12.2 Å². The summed E-state index contributed by atoms with van der Waals surface area (Å²) in [5, 5.41) is 0. The highest BCUT2D eigenvalue weighted by Gasteiger charge is 2.27. The van der Waals surface area contributed by atoms with Gasteiger partial charge in [0.15, 0.2) is 0 Å². The zero-order valence-electron chi connectivity index (χ0n) is 6.87. The van der Waals surface area contributed by atoms with Gasteiger partial charge in [-0.15, -0.1) is 0 Å². The molecule has 0 saturated heterocycles. The van der Waals surface area contributed by atoms with Gasteiger partial charge in [0, 0.05) is 0 Å². The number of carbonyl (C=O) groups excluding carboxylic acids is 1. The maximum atomic E-state index is 10.8. The Kier molecular flexibility index (Phi) is 2.74. The highest BCUT2D eigenvalue weighted by atomic mass is 16.7. The van der Waals surface area contributed by atoms with E-state index in [-0.39, 0.29) is 12.2 Å². The third-order valence-corrected chi connectivity index (χ3v) is 1.54. The van der Waals surface area contributed by atoms with Crippen molar-refractivity contribution >= 4 is 6.16 Å². The predicted molar refractivity (Wildman–Crippen MR) is 40.0 cm³/mol. The van der Waals surface area contributed by atoms with Crippen LogP contribution in [0.15, 0.2) is 0 Å². The summed E-state index contributed by atoms with van der Waals surface area (Å²) in [5.41, 5.74) is 0. The van der Waals surface area contributed by atoms with Crippen LogP contribution in [0.25, 0.3) is 0 Å². The average molecular weight is 157 g/mol. The molecule has 1 radical (unpaired) electrons. The van der Waals surface area contributed by atoms with Crippen LogP contribution in [0.2, 0.25) is 0 Å². The normalized spacial score (nSPS) is 19.1. The lowest BCUT2D eigenvalue weighted by molar-refractivity contribution is 0.0331. The molecule has 0 spiro atoms. The molecule has 63 valence electrons. The van der Waals surface area contributed by atoms with E-state index >= 15 is 0 Å². The maximum absolute atomic E-state index is 10.8. The lowest BCUT2D eigenvalue weighted by atomic mass is 10.3. The number of hydrogen-bond acceptors (Lipinski definition) is 3. The first-order valence-electron chi connectivity index (χ1n) is 3.89. The van der Waals surface area contributed by atoms with Gasteiger partial charge in [-0.25, -0.2) is 4.79 Å². The first-order chi connectivity index (χ1) is 5.22. The van der Waals surface area contributed by atoms with Gasteiger partial charge >= 0.3 is 6.16 Å². The van der Waals surface area contributed by atoms with E-state index in [4.69, 9.17) is 9.47 Å². The Labute approximate surface area is 66.7 Å². The van der Waals surface area contributed by atoms with Gasteiger partial charge in [-0.1, -0.05) is 6.92 Å². The molecule has 3 heteroatoms. The Morgan fingerprint density at radius 2 is 2.27 bits per heavy atom. The molecule has 0 N–H and O–H groups in total. The molecular weight excluding hydrogens is 144 g/mol. The van der Waals surface area contributed by atoms with Gasteiger partial charge in [-0.05, 0) is 26.2 Å². The fourth-order valence-corrected chi connectivity index (χ4v) is 0.570. The van der Waals surface area contributed by atoms with E-state index < -0.39 is 6.16 Å². The third kappa shape index (κ3) is 3.25. The van der Waals surface area contributed by atoms with E-state index in [1.165, 1.54) is 0 Å². The third-order valence-electron chi connectivity index (χ3n) is 1.54. The molecule has 0 bridgehead atoms. The Hall–Kier alpha value is -0.730. The number of carbonyl (C=O) groups is 1. The smallest absolute Gasteiger partial charge is 0.431 e. The molecule has 0 unspecified atom stereocenters. The van der Waals surface area contributed by atoms with Crippen molar-refractivity contribution in [3.63, 3.8) is 0 Å². The minimum Gasteiger partial charge on any atom is -0.431 e. The van der Waals surface area contributed by atoms with Crippen molar-refractivity contribution in [3.8, 4) is 0 Å². The van der Waals surface area contributed by atoms with Crippen molar-refractivity contribution in [2.45, 2.75) is 38.9 Å². The molecule has 1 aliphatic carbocycles. The first-order valence-corrected chi connectivity index (χ1v) is 3.89. The van der Waals surface area contributed by atoms with Crippen LogP contribution in [0.4, 0.5) is 4.79 Å². The minimum absolute atomic E-state index is 0.131. The van der Waals surface area contributed by atoms with E-state index in [0.717, 1.165) is 12.8 Å². The lowest BCUT2D eigenvalue weighted by Crippen LogP contribution is -2.16.